The van der Waals surface area contributed by atoms with Crippen LogP contribution < -0.4 is 4.72 Å². The smallest absolute Gasteiger partial charge is 0.344 e. The van der Waals surface area contributed by atoms with E-state index in [-0.39, 0.29) is 6.54 Å². The van der Waals surface area contributed by atoms with Crippen molar-refractivity contribution in [1.82, 2.24) is 4.72 Å². The summed E-state index contributed by atoms with van der Waals surface area (Å²) in [5.74, 6) is -1.18. The fourth-order valence-electron chi connectivity index (χ4n) is 1.77. The first-order valence-corrected chi connectivity index (χ1v) is 9.57. The number of carbonyl (C=O) groups is 2. The summed E-state index contributed by atoms with van der Waals surface area (Å²) >= 11 is 0. The van der Waals surface area contributed by atoms with Crippen LogP contribution in [0.5, 0.6) is 0 Å². The molecule has 0 aliphatic carbocycles. The van der Waals surface area contributed by atoms with E-state index in [1.807, 2.05) is 6.92 Å². The number of hydrogen-bond donors (Lipinski definition) is 1. The zero-order chi connectivity index (χ0) is 18.0. The molecule has 8 heteroatoms. The van der Waals surface area contributed by atoms with Crippen LogP contribution in [0.25, 0.3) is 0 Å². The number of hydrogen-bond acceptors (Lipinski definition) is 6. The molecule has 0 unspecified atom stereocenters. The molecule has 1 N–H and O–H groups in total. The highest BCUT2D eigenvalue weighted by Crippen LogP contribution is 2.07. The first kappa shape index (κ1) is 20.1. The van der Waals surface area contributed by atoms with Crippen molar-refractivity contribution in [3.63, 3.8) is 0 Å². The van der Waals surface area contributed by atoms with Crippen LogP contribution in [0.15, 0.2) is 24.3 Å². The van der Waals surface area contributed by atoms with Crippen LogP contribution in [-0.4, -0.2) is 46.4 Å². The number of ether oxygens (including phenoxy) is 2. The lowest BCUT2D eigenvalue weighted by atomic mass is 10.1. The summed E-state index contributed by atoms with van der Waals surface area (Å²) in [4.78, 5) is 23.2. The van der Waals surface area contributed by atoms with Crippen LogP contribution in [0.3, 0.4) is 0 Å². The van der Waals surface area contributed by atoms with Crippen molar-refractivity contribution in [3.8, 4) is 0 Å². The second-order valence-corrected chi connectivity index (χ2v) is 7.10. The van der Waals surface area contributed by atoms with E-state index in [1.165, 1.54) is 0 Å². The Morgan fingerprint density at radius 2 is 1.79 bits per heavy atom. The Kier molecular flexibility index (Phi) is 8.42. The topological polar surface area (TPSA) is 98.8 Å². The first-order valence-electron chi connectivity index (χ1n) is 7.68. The minimum absolute atomic E-state index is 0.284. The van der Waals surface area contributed by atoms with Gasteiger partial charge in [-0.25, -0.2) is 22.7 Å². The van der Waals surface area contributed by atoms with Crippen LogP contribution in [0, 0.1) is 0 Å². The Morgan fingerprint density at radius 1 is 1.12 bits per heavy atom. The summed E-state index contributed by atoms with van der Waals surface area (Å²) in [7, 11) is -3.21. The molecule has 1 rings (SSSR count). The van der Waals surface area contributed by atoms with Crippen molar-refractivity contribution in [2.75, 3.05) is 26.0 Å². The molecule has 0 bridgehead atoms. The Balaban J connectivity index is 2.39. The van der Waals surface area contributed by atoms with Gasteiger partial charge in [0.2, 0.25) is 10.0 Å². The van der Waals surface area contributed by atoms with Crippen molar-refractivity contribution in [3.05, 3.63) is 35.4 Å². The molecule has 1 aromatic rings. The maximum absolute atomic E-state index is 11.8. The predicted molar refractivity (Wildman–Crippen MR) is 89.1 cm³/mol. The van der Waals surface area contributed by atoms with Crippen molar-refractivity contribution in [2.45, 2.75) is 26.2 Å². The van der Waals surface area contributed by atoms with Gasteiger partial charge in [-0.1, -0.05) is 25.5 Å². The minimum atomic E-state index is -3.21. The third-order valence-electron chi connectivity index (χ3n) is 3.05. The normalized spacial score (nSPS) is 11.1. The number of esters is 2. The molecular formula is C16H23NO6S. The Morgan fingerprint density at radius 3 is 2.38 bits per heavy atom. The highest BCUT2D eigenvalue weighted by atomic mass is 32.2. The number of carbonyl (C=O) groups excluding carboxylic acids is 2. The van der Waals surface area contributed by atoms with Gasteiger partial charge in [0, 0.05) is 6.54 Å². The number of nitrogens with one attached hydrogen (secondary N) is 1. The molecule has 24 heavy (non-hydrogen) atoms. The summed E-state index contributed by atoms with van der Waals surface area (Å²) in [5.41, 5.74) is 1.19. The van der Waals surface area contributed by atoms with Crippen LogP contribution in [-0.2, 0) is 30.7 Å². The van der Waals surface area contributed by atoms with Gasteiger partial charge in [0.25, 0.3) is 0 Å². The standard InChI is InChI=1S/C16H23NO6S/c1-3-4-11-22-15(18)12-23-16(19)14-7-5-13(6-8-14)9-10-17-24(2,20)21/h5-8,17H,3-4,9-12H2,1-2H3. The molecular weight excluding hydrogens is 334 g/mol. The summed E-state index contributed by atoms with van der Waals surface area (Å²) in [6, 6.07) is 6.56. The van der Waals surface area contributed by atoms with Gasteiger partial charge < -0.3 is 9.47 Å². The third kappa shape index (κ3) is 8.64. The molecule has 1 aromatic carbocycles. The van der Waals surface area contributed by atoms with Crippen molar-refractivity contribution in [1.29, 1.82) is 0 Å². The lowest BCUT2D eigenvalue weighted by Crippen LogP contribution is -2.24. The molecule has 0 fully saturated rings. The number of sulfonamides is 1. The van der Waals surface area contributed by atoms with Gasteiger partial charge in [-0.3, -0.25) is 0 Å². The number of benzene rings is 1. The molecule has 0 spiro atoms. The SMILES string of the molecule is CCCCOC(=O)COC(=O)c1ccc(CCNS(C)(=O)=O)cc1. The van der Waals surface area contributed by atoms with E-state index in [2.05, 4.69) is 4.72 Å². The first-order chi connectivity index (χ1) is 11.3. The maximum atomic E-state index is 11.8. The number of unbranched alkanes of at least 4 members (excludes halogenated alkanes) is 1. The van der Waals surface area contributed by atoms with Gasteiger partial charge >= 0.3 is 11.9 Å². The van der Waals surface area contributed by atoms with Crippen molar-refractivity contribution >= 4 is 22.0 Å². The molecule has 0 aliphatic heterocycles. The van der Waals surface area contributed by atoms with Crippen LogP contribution in [0.4, 0.5) is 0 Å². The monoisotopic (exact) mass is 357 g/mol. The molecule has 0 saturated carbocycles. The van der Waals surface area contributed by atoms with E-state index < -0.39 is 28.6 Å². The fourth-order valence-corrected chi connectivity index (χ4v) is 2.24. The van der Waals surface area contributed by atoms with Gasteiger partial charge in [-0.15, -0.1) is 0 Å². The van der Waals surface area contributed by atoms with Gasteiger partial charge in [-0.05, 0) is 30.5 Å². The highest BCUT2D eigenvalue weighted by molar-refractivity contribution is 7.88. The van der Waals surface area contributed by atoms with Gasteiger partial charge in [0.15, 0.2) is 6.61 Å². The van der Waals surface area contributed by atoms with E-state index >= 15 is 0 Å². The molecule has 7 nitrogen and oxygen atoms in total. The van der Waals surface area contributed by atoms with E-state index in [0.29, 0.717) is 18.6 Å². The third-order valence-corrected chi connectivity index (χ3v) is 3.78. The molecule has 0 aliphatic rings. The van der Waals surface area contributed by atoms with Crippen molar-refractivity contribution in [2.24, 2.45) is 0 Å². The zero-order valence-corrected chi connectivity index (χ0v) is 14.7. The van der Waals surface area contributed by atoms with Gasteiger partial charge in [-0.2, -0.15) is 0 Å². The zero-order valence-electron chi connectivity index (χ0n) is 13.9. The molecule has 0 atom stereocenters. The van der Waals surface area contributed by atoms with E-state index in [0.717, 1.165) is 24.7 Å². The van der Waals surface area contributed by atoms with Crippen LogP contribution in [0.2, 0.25) is 0 Å². The minimum Gasteiger partial charge on any atom is -0.463 e. The van der Waals surface area contributed by atoms with Crippen LogP contribution in [0.1, 0.15) is 35.7 Å². The van der Waals surface area contributed by atoms with Crippen molar-refractivity contribution < 1.29 is 27.5 Å². The maximum Gasteiger partial charge on any atom is 0.344 e. The largest absolute Gasteiger partial charge is 0.463 e. The summed E-state index contributed by atoms with van der Waals surface area (Å²) < 4.78 is 34.1. The van der Waals surface area contributed by atoms with Crippen LogP contribution >= 0.6 is 0 Å². The quantitative estimate of drug-likeness (QED) is 0.500. The Bertz CT molecular complexity index is 639. The average molecular weight is 357 g/mol. The summed E-state index contributed by atoms with van der Waals surface area (Å²) in [6.45, 7) is 2.17. The molecule has 0 aromatic heterocycles. The lowest BCUT2D eigenvalue weighted by Gasteiger charge is -2.07. The van der Waals surface area contributed by atoms with Gasteiger partial charge in [0.1, 0.15) is 0 Å². The highest BCUT2D eigenvalue weighted by Gasteiger charge is 2.11. The fraction of sp³-hybridized carbons (Fsp3) is 0.500. The van der Waals surface area contributed by atoms with E-state index in [1.54, 1.807) is 24.3 Å². The van der Waals surface area contributed by atoms with E-state index in [4.69, 9.17) is 9.47 Å². The molecule has 0 radical (unpaired) electrons. The molecule has 134 valence electrons. The second kappa shape index (κ2) is 10.0. The van der Waals surface area contributed by atoms with E-state index in [9.17, 15) is 18.0 Å². The predicted octanol–water partition coefficient (Wildman–Crippen LogP) is 1.28. The Hall–Kier alpha value is -1.93. The Labute approximate surface area is 142 Å². The number of rotatable bonds is 10. The molecule has 0 heterocycles. The molecule has 0 amide bonds. The molecule has 0 saturated heterocycles. The summed E-state index contributed by atoms with van der Waals surface area (Å²) in [5, 5.41) is 0. The summed E-state index contributed by atoms with van der Waals surface area (Å²) in [6.07, 6.45) is 3.29. The van der Waals surface area contributed by atoms with Gasteiger partial charge in [0.05, 0.1) is 18.4 Å². The lowest BCUT2D eigenvalue weighted by molar-refractivity contribution is -0.147. The average Bonchev–Trinajstić information content (AvgIpc) is 2.52. The second-order valence-electron chi connectivity index (χ2n) is 5.26.